The molecule has 1 heterocycles. The van der Waals surface area contributed by atoms with Gasteiger partial charge in [0.25, 0.3) is 0 Å². The van der Waals surface area contributed by atoms with Crippen molar-refractivity contribution in [1.82, 2.24) is 15.1 Å². The molecule has 0 bridgehead atoms. The molecular formula is C30H35N3O3. The van der Waals surface area contributed by atoms with Crippen LogP contribution in [0.4, 0.5) is 0 Å². The minimum Gasteiger partial charge on any atom is -0.493 e. The molecule has 0 saturated heterocycles. The van der Waals surface area contributed by atoms with Gasteiger partial charge in [-0.25, -0.2) is 0 Å². The molecule has 0 aliphatic heterocycles. The van der Waals surface area contributed by atoms with Crippen molar-refractivity contribution in [2.75, 3.05) is 20.3 Å². The summed E-state index contributed by atoms with van der Waals surface area (Å²) in [6, 6.07) is 22.9. The third-order valence-corrected chi connectivity index (χ3v) is 6.44. The molecule has 1 atom stereocenters. The van der Waals surface area contributed by atoms with Crippen molar-refractivity contribution in [3.05, 3.63) is 101 Å². The first-order chi connectivity index (χ1) is 17.5. The van der Waals surface area contributed by atoms with Crippen molar-refractivity contribution in [2.24, 2.45) is 0 Å². The Morgan fingerprint density at radius 2 is 1.78 bits per heavy atom. The standard InChI is InChI=1S/C30H35N3O3/c1-21-10-11-26(16-22(21)2)30-27(20-33(32-30)19-24-8-6-5-7-9-24)18-31-23(3)25-12-13-28(36-15-14-34)29(17-25)35-4/h5-13,16-17,20,23,31,34H,14-15,18-19H2,1-4H3/t23-/m1/s1. The maximum absolute atomic E-state index is 9.05. The molecule has 188 valence electrons. The average Bonchev–Trinajstić information content (AvgIpc) is 3.30. The van der Waals surface area contributed by atoms with Crippen LogP contribution in [0.3, 0.4) is 0 Å². The molecule has 0 radical (unpaired) electrons. The number of rotatable bonds is 11. The normalized spacial score (nSPS) is 11.9. The third kappa shape index (κ3) is 6.14. The largest absolute Gasteiger partial charge is 0.493 e. The predicted molar refractivity (Wildman–Crippen MR) is 144 cm³/mol. The lowest BCUT2D eigenvalue weighted by molar-refractivity contribution is 0.196. The second-order valence-corrected chi connectivity index (χ2v) is 9.07. The molecule has 1 aromatic heterocycles. The van der Waals surface area contributed by atoms with Gasteiger partial charge in [-0.3, -0.25) is 4.68 Å². The van der Waals surface area contributed by atoms with Gasteiger partial charge < -0.3 is 19.9 Å². The molecule has 3 aromatic carbocycles. The van der Waals surface area contributed by atoms with Crippen LogP contribution in [0.5, 0.6) is 11.5 Å². The second kappa shape index (κ2) is 11.9. The number of nitrogens with zero attached hydrogens (tertiary/aromatic N) is 2. The summed E-state index contributed by atoms with van der Waals surface area (Å²) < 4.78 is 13.1. The minimum absolute atomic E-state index is 0.0380. The Bertz CT molecular complexity index is 1280. The molecule has 6 heteroatoms. The Morgan fingerprint density at radius 3 is 2.50 bits per heavy atom. The monoisotopic (exact) mass is 485 g/mol. The SMILES string of the molecule is COc1cc([C@@H](C)NCc2cn(Cc3ccccc3)nc2-c2ccc(C)c(C)c2)ccc1OCCO. The molecule has 0 unspecified atom stereocenters. The smallest absolute Gasteiger partial charge is 0.161 e. The second-order valence-electron chi connectivity index (χ2n) is 9.07. The summed E-state index contributed by atoms with van der Waals surface area (Å²) in [6.45, 7) is 7.99. The molecule has 36 heavy (non-hydrogen) atoms. The molecule has 6 nitrogen and oxygen atoms in total. The quantitative estimate of drug-likeness (QED) is 0.296. The Hall–Kier alpha value is -3.61. The Labute approximate surface area is 213 Å². The Kier molecular flexibility index (Phi) is 8.41. The minimum atomic E-state index is -0.0380. The van der Waals surface area contributed by atoms with E-state index >= 15 is 0 Å². The molecular weight excluding hydrogens is 450 g/mol. The van der Waals surface area contributed by atoms with Crippen LogP contribution in [0, 0.1) is 13.8 Å². The van der Waals surface area contributed by atoms with Gasteiger partial charge in [-0.15, -0.1) is 0 Å². The number of ether oxygens (including phenoxy) is 2. The van der Waals surface area contributed by atoms with Crippen molar-refractivity contribution >= 4 is 0 Å². The van der Waals surface area contributed by atoms with Crippen molar-refractivity contribution in [3.63, 3.8) is 0 Å². The number of benzene rings is 3. The molecule has 0 saturated carbocycles. The van der Waals surface area contributed by atoms with Gasteiger partial charge >= 0.3 is 0 Å². The Balaban J connectivity index is 1.56. The van der Waals surface area contributed by atoms with Gasteiger partial charge in [-0.05, 0) is 61.2 Å². The van der Waals surface area contributed by atoms with Crippen LogP contribution in [-0.2, 0) is 13.1 Å². The lowest BCUT2D eigenvalue weighted by atomic mass is 10.0. The fourth-order valence-electron chi connectivity index (χ4n) is 4.18. The summed E-state index contributed by atoms with van der Waals surface area (Å²) in [5.41, 5.74) is 8.11. The number of aryl methyl sites for hydroxylation is 2. The fraction of sp³-hybridized carbons (Fsp3) is 0.300. The van der Waals surface area contributed by atoms with E-state index in [0.29, 0.717) is 18.0 Å². The Morgan fingerprint density at radius 1 is 0.972 bits per heavy atom. The van der Waals surface area contributed by atoms with Gasteiger partial charge in [-0.2, -0.15) is 5.10 Å². The van der Waals surface area contributed by atoms with E-state index in [9.17, 15) is 0 Å². The molecule has 0 amide bonds. The van der Waals surface area contributed by atoms with E-state index < -0.39 is 0 Å². The van der Waals surface area contributed by atoms with Crippen LogP contribution in [0.2, 0.25) is 0 Å². The highest BCUT2D eigenvalue weighted by molar-refractivity contribution is 5.64. The molecule has 0 spiro atoms. The first-order valence-corrected chi connectivity index (χ1v) is 12.3. The van der Waals surface area contributed by atoms with E-state index in [4.69, 9.17) is 19.7 Å². The highest BCUT2D eigenvalue weighted by Gasteiger charge is 2.15. The zero-order chi connectivity index (χ0) is 25.5. The molecule has 2 N–H and O–H groups in total. The van der Waals surface area contributed by atoms with Gasteiger partial charge in [-0.1, -0.05) is 48.5 Å². The van der Waals surface area contributed by atoms with E-state index in [-0.39, 0.29) is 19.3 Å². The van der Waals surface area contributed by atoms with Crippen LogP contribution < -0.4 is 14.8 Å². The number of hydrogen-bond acceptors (Lipinski definition) is 5. The summed E-state index contributed by atoms with van der Waals surface area (Å²) in [4.78, 5) is 0. The first-order valence-electron chi connectivity index (χ1n) is 12.3. The number of methoxy groups -OCH3 is 1. The van der Waals surface area contributed by atoms with Crippen molar-refractivity contribution in [2.45, 2.75) is 39.9 Å². The summed E-state index contributed by atoms with van der Waals surface area (Å²) in [7, 11) is 1.62. The van der Waals surface area contributed by atoms with E-state index in [2.05, 4.69) is 74.7 Å². The van der Waals surface area contributed by atoms with E-state index in [1.54, 1.807) is 7.11 Å². The van der Waals surface area contributed by atoms with E-state index in [0.717, 1.165) is 28.9 Å². The molecule has 0 aliphatic rings. The fourth-order valence-corrected chi connectivity index (χ4v) is 4.18. The lowest BCUT2D eigenvalue weighted by Crippen LogP contribution is -2.18. The molecule has 4 aromatic rings. The van der Waals surface area contributed by atoms with E-state index in [1.807, 2.05) is 28.9 Å². The molecule has 0 aliphatic carbocycles. The zero-order valence-corrected chi connectivity index (χ0v) is 21.5. The maximum Gasteiger partial charge on any atom is 0.161 e. The predicted octanol–water partition coefficient (Wildman–Crippen LogP) is 5.45. The third-order valence-electron chi connectivity index (χ3n) is 6.44. The van der Waals surface area contributed by atoms with Gasteiger partial charge in [0.05, 0.1) is 26.0 Å². The summed E-state index contributed by atoms with van der Waals surface area (Å²) in [5, 5.41) is 17.7. The van der Waals surface area contributed by atoms with Crippen LogP contribution in [0.15, 0.2) is 72.9 Å². The van der Waals surface area contributed by atoms with Crippen molar-refractivity contribution in [1.29, 1.82) is 0 Å². The van der Waals surface area contributed by atoms with E-state index in [1.165, 1.54) is 16.7 Å². The summed E-state index contributed by atoms with van der Waals surface area (Å²) >= 11 is 0. The topological polar surface area (TPSA) is 68.5 Å². The van der Waals surface area contributed by atoms with Crippen LogP contribution >= 0.6 is 0 Å². The summed E-state index contributed by atoms with van der Waals surface area (Å²) in [6.07, 6.45) is 2.14. The van der Waals surface area contributed by atoms with Gasteiger partial charge in [0.1, 0.15) is 6.61 Å². The lowest BCUT2D eigenvalue weighted by Gasteiger charge is -2.17. The van der Waals surface area contributed by atoms with Gasteiger partial charge in [0.15, 0.2) is 11.5 Å². The average molecular weight is 486 g/mol. The van der Waals surface area contributed by atoms with Gasteiger partial charge in [0, 0.05) is 29.9 Å². The number of hydrogen-bond donors (Lipinski definition) is 2. The number of aliphatic hydroxyl groups excluding tert-OH is 1. The first kappa shape index (κ1) is 25.5. The number of nitrogens with one attached hydrogen (secondary N) is 1. The highest BCUT2D eigenvalue weighted by atomic mass is 16.5. The maximum atomic E-state index is 9.05. The number of aliphatic hydroxyl groups is 1. The van der Waals surface area contributed by atoms with Crippen LogP contribution in [0.25, 0.3) is 11.3 Å². The van der Waals surface area contributed by atoms with Crippen LogP contribution in [-0.4, -0.2) is 35.2 Å². The number of aromatic nitrogens is 2. The zero-order valence-electron chi connectivity index (χ0n) is 21.5. The highest BCUT2D eigenvalue weighted by Crippen LogP contribution is 2.31. The van der Waals surface area contributed by atoms with Crippen molar-refractivity contribution < 1.29 is 14.6 Å². The van der Waals surface area contributed by atoms with Gasteiger partial charge in [0.2, 0.25) is 0 Å². The summed E-state index contributed by atoms with van der Waals surface area (Å²) in [5.74, 6) is 1.28. The van der Waals surface area contributed by atoms with Crippen LogP contribution in [0.1, 0.15) is 40.8 Å². The molecule has 0 fully saturated rings. The molecule has 4 rings (SSSR count). The van der Waals surface area contributed by atoms with Crippen molar-refractivity contribution in [3.8, 4) is 22.8 Å².